The van der Waals surface area contributed by atoms with Gasteiger partial charge in [0.05, 0.1) is 12.3 Å². The fraction of sp³-hybridized carbons (Fsp3) is 0.174. The first-order valence-electron chi connectivity index (χ1n) is 10.4. The lowest BCUT2D eigenvalue weighted by Gasteiger charge is -2.03. The van der Waals surface area contributed by atoms with Crippen molar-refractivity contribution in [2.45, 2.75) is 18.5 Å². The van der Waals surface area contributed by atoms with Gasteiger partial charge in [-0.15, -0.1) is 21.5 Å². The minimum absolute atomic E-state index is 0.102. The second kappa shape index (κ2) is 9.55. The molecule has 0 bridgehead atoms. The van der Waals surface area contributed by atoms with Crippen LogP contribution in [0.25, 0.3) is 33.3 Å². The van der Waals surface area contributed by atoms with E-state index in [0.717, 1.165) is 33.4 Å². The molecule has 8 nitrogen and oxygen atoms in total. The second-order valence-electron chi connectivity index (χ2n) is 7.10. The summed E-state index contributed by atoms with van der Waals surface area (Å²) in [5.74, 6) is 1.26. The number of nitrogens with zero attached hydrogens (tertiary/aromatic N) is 4. The molecule has 0 radical (unpaired) electrons. The van der Waals surface area contributed by atoms with Crippen LogP contribution in [-0.2, 0) is 4.79 Å². The van der Waals surface area contributed by atoms with Crippen LogP contribution in [0.2, 0.25) is 0 Å². The van der Waals surface area contributed by atoms with Gasteiger partial charge in [0.1, 0.15) is 11.3 Å². The van der Waals surface area contributed by atoms with Gasteiger partial charge in [-0.25, -0.2) is 9.97 Å². The van der Waals surface area contributed by atoms with Crippen LogP contribution in [0.3, 0.4) is 0 Å². The number of aromatic amines is 1. The second-order valence-corrected chi connectivity index (χ2v) is 9.02. The van der Waals surface area contributed by atoms with E-state index in [1.165, 1.54) is 23.1 Å². The summed E-state index contributed by atoms with van der Waals surface area (Å²) in [6.07, 6.45) is 0.316. The summed E-state index contributed by atoms with van der Waals surface area (Å²) in [5.41, 5.74) is 4.22. The van der Waals surface area contributed by atoms with Gasteiger partial charge in [-0.3, -0.25) is 4.79 Å². The number of anilines is 1. The Morgan fingerprint density at radius 1 is 1.12 bits per heavy atom. The van der Waals surface area contributed by atoms with Crippen molar-refractivity contribution in [1.29, 1.82) is 0 Å². The quantitative estimate of drug-likeness (QED) is 0.298. The molecule has 0 spiro atoms. The maximum atomic E-state index is 12.4. The highest BCUT2D eigenvalue weighted by molar-refractivity contribution is 7.99. The van der Waals surface area contributed by atoms with Gasteiger partial charge >= 0.3 is 0 Å². The van der Waals surface area contributed by atoms with Gasteiger partial charge in [0.25, 0.3) is 0 Å². The molecular formula is C23H20N6O2S2. The zero-order valence-electron chi connectivity index (χ0n) is 17.7. The lowest BCUT2D eigenvalue weighted by atomic mass is 10.2. The Labute approximate surface area is 197 Å². The molecule has 5 aromatic rings. The minimum Gasteiger partial charge on any atom is -0.494 e. The van der Waals surface area contributed by atoms with E-state index in [1.807, 2.05) is 60.8 Å². The van der Waals surface area contributed by atoms with Crippen molar-refractivity contribution in [3.63, 3.8) is 0 Å². The average molecular weight is 477 g/mol. The number of benzene rings is 2. The largest absolute Gasteiger partial charge is 0.494 e. The number of amides is 1. The van der Waals surface area contributed by atoms with Crippen molar-refractivity contribution < 1.29 is 9.53 Å². The number of carbonyl (C=O) groups excluding carboxylic acids is 1. The summed E-state index contributed by atoms with van der Waals surface area (Å²) in [5, 5.41) is 15.4. The topological polar surface area (TPSA) is 106 Å². The smallest absolute Gasteiger partial charge is 0.226 e. The molecule has 10 heteroatoms. The van der Waals surface area contributed by atoms with Gasteiger partial charge in [0, 0.05) is 34.0 Å². The number of thiazole rings is 1. The molecule has 0 atom stereocenters. The average Bonchev–Trinajstić information content (AvgIpc) is 3.44. The molecule has 166 valence electrons. The molecule has 3 aromatic heterocycles. The first-order chi connectivity index (χ1) is 16.2. The predicted molar refractivity (Wildman–Crippen MR) is 132 cm³/mol. The van der Waals surface area contributed by atoms with Gasteiger partial charge in [0.15, 0.2) is 10.8 Å². The van der Waals surface area contributed by atoms with Crippen LogP contribution < -0.4 is 10.1 Å². The summed E-state index contributed by atoms with van der Waals surface area (Å²) in [6.45, 7) is 2.58. The summed E-state index contributed by atoms with van der Waals surface area (Å²) in [4.78, 5) is 24.7. The molecule has 1 amide bonds. The van der Waals surface area contributed by atoms with Crippen molar-refractivity contribution in [2.75, 3.05) is 17.7 Å². The number of H-pyrrole nitrogens is 1. The summed E-state index contributed by atoms with van der Waals surface area (Å²) in [7, 11) is 0. The summed E-state index contributed by atoms with van der Waals surface area (Å²) < 4.78 is 5.47. The Balaban J connectivity index is 1.15. The van der Waals surface area contributed by atoms with Crippen LogP contribution in [0.15, 0.2) is 59.1 Å². The number of rotatable bonds is 8. The van der Waals surface area contributed by atoms with Crippen molar-refractivity contribution in [1.82, 2.24) is 25.1 Å². The third kappa shape index (κ3) is 4.81. The Hall–Kier alpha value is -3.50. The molecule has 0 aliphatic rings. The number of hydrogen-bond acceptors (Lipinski definition) is 8. The summed E-state index contributed by atoms with van der Waals surface area (Å²) >= 11 is 2.80. The predicted octanol–water partition coefficient (Wildman–Crippen LogP) is 5.15. The van der Waals surface area contributed by atoms with Crippen LogP contribution in [0.5, 0.6) is 5.75 Å². The molecule has 0 saturated carbocycles. The number of ether oxygens (including phenoxy) is 1. The first-order valence-corrected chi connectivity index (χ1v) is 12.3. The number of para-hydroxylation sites is 1. The number of aromatic nitrogens is 5. The SMILES string of the molecule is CCOc1ccc(-c2csc(NC(=O)CCSc3nnc4c(n3)[nH]c3ccccc34)n2)cc1. The van der Waals surface area contributed by atoms with Crippen molar-refractivity contribution >= 4 is 56.2 Å². The number of carbonyl (C=O) groups is 1. The van der Waals surface area contributed by atoms with Crippen LogP contribution >= 0.6 is 23.1 Å². The molecule has 0 unspecified atom stereocenters. The number of fused-ring (bicyclic) bond motifs is 3. The monoisotopic (exact) mass is 476 g/mol. The fourth-order valence-electron chi connectivity index (χ4n) is 3.34. The number of thioether (sulfide) groups is 1. The molecule has 33 heavy (non-hydrogen) atoms. The van der Waals surface area contributed by atoms with E-state index >= 15 is 0 Å². The first kappa shape index (κ1) is 21.4. The van der Waals surface area contributed by atoms with Crippen LogP contribution in [0.1, 0.15) is 13.3 Å². The lowest BCUT2D eigenvalue weighted by molar-refractivity contribution is -0.115. The van der Waals surface area contributed by atoms with E-state index in [0.29, 0.717) is 34.7 Å². The van der Waals surface area contributed by atoms with Crippen LogP contribution in [0, 0.1) is 0 Å². The van der Waals surface area contributed by atoms with Crippen LogP contribution in [0.4, 0.5) is 5.13 Å². The van der Waals surface area contributed by atoms with E-state index in [-0.39, 0.29) is 5.91 Å². The normalized spacial score (nSPS) is 11.2. The number of nitrogens with one attached hydrogen (secondary N) is 2. The molecule has 2 N–H and O–H groups in total. The highest BCUT2D eigenvalue weighted by atomic mass is 32.2. The maximum absolute atomic E-state index is 12.4. The van der Waals surface area contributed by atoms with Gasteiger partial charge < -0.3 is 15.0 Å². The highest BCUT2D eigenvalue weighted by Gasteiger charge is 2.11. The molecule has 3 heterocycles. The maximum Gasteiger partial charge on any atom is 0.226 e. The van der Waals surface area contributed by atoms with Crippen molar-refractivity contribution in [2.24, 2.45) is 0 Å². The van der Waals surface area contributed by atoms with E-state index in [9.17, 15) is 4.79 Å². The molecule has 5 rings (SSSR count). The molecule has 0 aliphatic heterocycles. The van der Waals surface area contributed by atoms with Gasteiger partial charge in [-0.2, -0.15) is 0 Å². The zero-order valence-corrected chi connectivity index (χ0v) is 19.4. The molecule has 2 aromatic carbocycles. The Bertz CT molecular complexity index is 1410. The third-order valence-electron chi connectivity index (χ3n) is 4.87. The summed E-state index contributed by atoms with van der Waals surface area (Å²) in [6, 6.07) is 15.6. The third-order valence-corrected chi connectivity index (χ3v) is 6.47. The zero-order chi connectivity index (χ0) is 22.6. The fourth-order valence-corrected chi connectivity index (χ4v) is 4.80. The molecule has 0 saturated heterocycles. The highest BCUT2D eigenvalue weighted by Crippen LogP contribution is 2.27. The standard InChI is InChI=1S/C23H20N6O2S2/c1-2-31-15-9-7-14(8-10-15)18-13-33-22(25-18)26-19(30)11-12-32-23-27-21-20(28-29-23)16-5-3-4-6-17(16)24-21/h3-10,13H,2,11-12H2,1H3,(H,24,27,29)(H,25,26,30). The molecular weight excluding hydrogens is 456 g/mol. The van der Waals surface area contributed by atoms with E-state index < -0.39 is 0 Å². The lowest BCUT2D eigenvalue weighted by Crippen LogP contribution is -2.12. The van der Waals surface area contributed by atoms with Crippen molar-refractivity contribution in [3.8, 4) is 17.0 Å². The van der Waals surface area contributed by atoms with E-state index in [2.05, 4.69) is 30.5 Å². The Kier molecular flexibility index (Phi) is 6.18. The Morgan fingerprint density at radius 2 is 1.97 bits per heavy atom. The molecule has 0 aliphatic carbocycles. The minimum atomic E-state index is -0.102. The van der Waals surface area contributed by atoms with Gasteiger partial charge in [0.2, 0.25) is 11.1 Å². The number of hydrogen-bond donors (Lipinski definition) is 2. The van der Waals surface area contributed by atoms with Gasteiger partial charge in [-0.1, -0.05) is 30.0 Å². The van der Waals surface area contributed by atoms with Crippen molar-refractivity contribution in [3.05, 3.63) is 53.9 Å². The van der Waals surface area contributed by atoms with Gasteiger partial charge in [-0.05, 0) is 37.3 Å². The molecule has 0 fully saturated rings. The van der Waals surface area contributed by atoms with Crippen LogP contribution in [-0.4, -0.2) is 43.4 Å². The van der Waals surface area contributed by atoms with E-state index in [4.69, 9.17) is 4.74 Å². The van der Waals surface area contributed by atoms with E-state index in [1.54, 1.807) is 0 Å². The Morgan fingerprint density at radius 3 is 2.82 bits per heavy atom.